The largest absolute Gasteiger partial charge is 0.369 e. The van der Waals surface area contributed by atoms with E-state index in [-0.39, 0.29) is 17.0 Å². The van der Waals surface area contributed by atoms with Crippen LogP contribution in [0.2, 0.25) is 5.15 Å². The lowest BCUT2D eigenvalue weighted by molar-refractivity contribution is 0.790. The van der Waals surface area contributed by atoms with E-state index in [0.717, 1.165) is 21.3 Å². The molecule has 0 saturated carbocycles. The van der Waals surface area contributed by atoms with Crippen molar-refractivity contribution in [1.29, 1.82) is 0 Å². The summed E-state index contributed by atoms with van der Waals surface area (Å²) in [6.45, 7) is 4.40. The molecule has 22 heavy (non-hydrogen) atoms. The molecule has 0 aliphatic rings. The van der Waals surface area contributed by atoms with Crippen LogP contribution in [0.3, 0.4) is 0 Å². The Kier molecular flexibility index (Phi) is 3.65. The van der Waals surface area contributed by atoms with Gasteiger partial charge >= 0.3 is 0 Å². The van der Waals surface area contributed by atoms with Crippen molar-refractivity contribution in [1.82, 2.24) is 24.5 Å². The van der Waals surface area contributed by atoms with Gasteiger partial charge in [-0.1, -0.05) is 27.5 Å². The van der Waals surface area contributed by atoms with E-state index in [0.29, 0.717) is 17.7 Å². The number of pyridine rings is 1. The summed E-state index contributed by atoms with van der Waals surface area (Å²) in [6.07, 6.45) is 1.80. The molecule has 4 N–H and O–H groups in total. The molecule has 3 aromatic rings. The Labute approximate surface area is 139 Å². The van der Waals surface area contributed by atoms with Crippen molar-refractivity contribution in [3.8, 4) is 0 Å². The fraction of sp³-hybridized carbons (Fsp3) is 0.231. The minimum atomic E-state index is 0.0772. The first-order valence-electron chi connectivity index (χ1n) is 6.43. The number of aromatic nitrogens is 5. The molecule has 3 heterocycles. The molecule has 114 valence electrons. The van der Waals surface area contributed by atoms with Crippen LogP contribution in [0.1, 0.15) is 16.8 Å². The molecule has 0 unspecified atom stereocenters. The number of nitrogen functional groups attached to an aromatic ring is 2. The van der Waals surface area contributed by atoms with Gasteiger partial charge in [-0.3, -0.25) is 9.55 Å². The smallest absolute Gasteiger partial charge is 0.223 e. The van der Waals surface area contributed by atoms with Crippen molar-refractivity contribution < 1.29 is 0 Å². The van der Waals surface area contributed by atoms with Crippen LogP contribution >= 0.6 is 27.5 Å². The van der Waals surface area contributed by atoms with Crippen molar-refractivity contribution in [3.05, 3.63) is 32.6 Å². The third kappa shape index (κ3) is 2.38. The SMILES string of the molecule is Cc1cnc(Cn2c(N)nc3c(Cl)nc(N)nc32)c(C)c1Br. The van der Waals surface area contributed by atoms with E-state index in [4.69, 9.17) is 23.1 Å². The fourth-order valence-corrected chi connectivity index (χ4v) is 2.76. The average molecular weight is 383 g/mol. The van der Waals surface area contributed by atoms with E-state index >= 15 is 0 Å². The first kappa shape index (κ1) is 15.0. The quantitative estimate of drug-likeness (QED) is 0.659. The molecule has 3 rings (SSSR count). The number of aryl methyl sites for hydroxylation is 1. The predicted octanol–water partition coefficient (Wildman–Crippen LogP) is 2.47. The number of fused-ring (bicyclic) bond motifs is 1. The van der Waals surface area contributed by atoms with E-state index in [2.05, 4.69) is 35.9 Å². The minimum absolute atomic E-state index is 0.0772. The summed E-state index contributed by atoms with van der Waals surface area (Å²) in [5.74, 6) is 0.364. The van der Waals surface area contributed by atoms with Gasteiger partial charge in [0, 0.05) is 10.7 Å². The summed E-state index contributed by atoms with van der Waals surface area (Å²) in [5, 5.41) is 0.183. The standard InChI is InChI=1S/C13H13BrClN7/c1-5-3-18-7(6(2)8(5)14)4-22-11-9(19-13(22)17)10(15)20-12(16)21-11/h3H,4H2,1-2H3,(H2,17,19)(H2,16,20,21). The van der Waals surface area contributed by atoms with Crippen molar-refractivity contribution in [2.24, 2.45) is 0 Å². The van der Waals surface area contributed by atoms with Crippen LogP contribution in [0.25, 0.3) is 11.2 Å². The lowest BCUT2D eigenvalue weighted by Crippen LogP contribution is -2.09. The summed E-state index contributed by atoms with van der Waals surface area (Å²) in [4.78, 5) is 16.7. The number of hydrogen-bond donors (Lipinski definition) is 2. The first-order valence-corrected chi connectivity index (χ1v) is 7.61. The van der Waals surface area contributed by atoms with E-state index in [1.807, 2.05) is 13.8 Å². The van der Waals surface area contributed by atoms with Gasteiger partial charge in [-0.25, -0.2) is 4.98 Å². The highest BCUT2D eigenvalue weighted by molar-refractivity contribution is 9.10. The Morgan fingerprint density at radius 3 is 2.68 bits per heavy atom. The maximum atomic E-state index is 6.04. The van der Waals surface area contributed by atoms with Crippen LogP contribution in [0.4, 0.5) is 11.9 Å². The minimum Gasteiger partial charge on any atom is -0.369 e. The molecule has 0 radical (unpaired) electrons. The van der Waals surface area contributed by atoms with E-state index in [9.17, 15) is 0 Å². The predicted molar refractivity (Wildman–Crippen MR) is 89.7 cm³/mol. The third-order valence-electron chi connectivity index (χ3n) is 3.43. The number of nitrogens with zero attached hydrogens (tertiary/aromatic N) is 5. The van der Waals surface area contributed by atoms with Gasteiger partial charge in [0.15, 0.2) is 10.8 Å². The second-order valence-corrected chi connectivity index (χ2v) is 6.08. The average Bonchev–Trinajstić information content (AvgIpc) is 2.76. The molecule has 9 heteroatoms. The van der Waals surface area contributed by atoms with Crippen molar-refractivity contribution >= 4 is 50.6 Å². The molecule has 0 saturated heterocycles. The fourth-order valence-electron chi connectivity index (χ4n) is 2.22. The Balaban J connectivity index is 2.16. The lowest BCUT2D eigenvalue weighted by atomic mass is 10.1. The highest BCUT2D eigenvalue weighted by Gasteiger charge is 2.17. The number of imidazole rings is 1. The van der Waals surface area contributed by atoms with Gasteiger partial charge in [0.25, 0.3) is 0 Å². The highest BCUT2D eigenvalue weighted by Crippen LogP contribution is 2.26. The van der Waals surface area contributed by atoms with Gasteiger partial charge in [0.2, 0.25) is 11.9 Å². The molecule has 0 aromatic carbocycles. The zero-order chi connectivity index (χ0) is 16.0. The van der Waals surface area contributed by atoms with Crippen LogP contribution in [0.15, 0.2) is 10.7 Å². The van der Waals surface area contributed by atoms with Crippen LogP contribution in [0, 0.1) is 13.8 Å². The summed E-state index contributed by atoms with van der Waals surface area (Å²) in [6, 6.07) is 0. The third-order valence-corrected chi connectivity index (χ3v) is 4.91. The van der Waals surface area contributed by atoms with Crippen molar-refractivity contribution in [3.63, 3.8) is 0 Å². The summed E-state index contributed by atoms with van der Waals surface area (Å²) < 4.78 is 2.74. The molecule has 3 aromatic heterocycles. The van der Waals surface area contributed by atoms with Crippen LogP contribution < -0.4 is 11.5 Å². The maximum Gasteiger partial charge on any atom is 0.223 e. The van der Waals surface area contributed by atoms with Crippen LogP contribution in [-0.2, 0) is 6.54 Å². The van der Waals surface area contributed by atoms with Gasteiger partial charge in [-0.15, -0.1) is 0 Å². The molecule has 0 bridgehead atoms. The molecule has 0 spiro atoms. The van der Waals surface area contributed by atoms with E-state index < -0.39 is 0 Å². The number of nitrogens with two attached hydrogens (primary N) is 2. The summed E-state index contributed by atoms with van der Waals surface area (Å²) in [5.41, 5.74) is 15.5. The van der Waals surface area contributed by atoms with Crippen molar-refractivity contribution in [2.75, 3.05) is 11.5 Å². The zero-order valence-electron chi connectivity index (χ0n) is 11.9. The normalized spacial score (nSPS) is 11.3. The lowest BCUT2D eigenvalue weighted by Gasteiger charge is -2.11. The van der Waals surface area contributed by atoms with Crippen molar-refractivity contribution in [2.45, 2.75) is 20.4 Å². The Bertz CT molecular complexity index is 890. The molecule has 0 amide bonds. The van der Waals surface area contributed by atoms with Gasteiger partial charge in [-0.05, 0) is 25.0 Å². The van der Waals surface area contributed by atoms with Gasteiger partial charge in [0.1, 0.15) is 5.52 Å². The second-order valence-electron chi connectivity index (χ2n) is 4.93. The Hall–Kier alpha value is -1.93. The molecule has 0 aliphatic carbocycles. The molecule has 7 nitrogen and oxygen atoms in total. The monoisotopic (exact) mass is 381 g/mol. The Morgan fingerprint density at radius 2 is 1.95 bits per heavy atom. The Morgan fingerprint density at radius 1 is 1.23 bits per heavy atom. The summed E-state index contributed by atoms with van der Waals surface area (Å²) in [7, 11) is 0. The number of anilines is 2. The number of rotatable bonds is 2. The van der Waals surface area contributed by atoms with Crippen LogP contribution in [-0.4, -0.2) is 24.5 Å². The molecule has 0 atom stereocenters. The summed E-state index contributed by atoms with van der Waals surface area (Å²) >= 11 is 9.60. The topological polar surface area (TPSA) is 109 Å². The second kappa shape index (κ2) is 5.36. The molecule has 0 fully saturated rings. The van der Waals surface area contributed by atoms with Gasteiger partial charge in [-0.2, -0.15) is 9.97 Å². The molecule has 0 aliphatic heterocycles. The zero-order valence-corrected chi connectivity index (χ0v) is 14.3. The number of hydrogen-bond acceptors (Lipinski definition) is 6. The van der Waals surface area contributed by atoms with E-state index in [1.165, 1.54) is 0 Å². The van der Waals surface area contributed by atoms with Crippen LogP contribution in [0.5, 0.6) is 0 Å². The maximum absolute atomic E-state index is 6.04. The highest BCUT2D eigenvalue weighted by atomic mass is 79.9. The van der Waals surface area contributed by atoms with E-state index in [1.54, 1.807) is 10.8 Å². The molecular formula is C13H13BrClN7. The molecular weight excluding hydrogens is 370 g/mol. The number of halogens is 2. The van der Waals surface area contributed by atoms with Gasteiger partial charge < -0.3 is 11.5 Å². The first-order chi connectivity index (χ1) is 10.4. The van der Waals surface area contributed by atoms with Gasteiger partial charge in [0.05, 0.1) is 12.2 Å².